The van der Waals surface area contributed by atoms with Crippen LogP contribution in [0, 0.1) is 0 Å². The van der Waals surface area contributed by atoms with E-state index in [-0.39, 0.29) is 12.5 Å². The summed E-state index contributed by atoms with van der Waals surface area (Å²) in [5, 5.41) is 8.80. The van der Waals surface area contributed by atoms with Gasteiger partial charge in [0.25, 0.3) is 0 Å². The average Bonchev–Trinajstić information content (AvgIpc) is 2.22. The predicted octanol–water partition coefficient (Wildman–Crippen LogP) is 1.91. The number of rotatable bonds is 2. The lowest BCUT2D eigenvalue weighted by atomic mass is 9.94. The monoisotopic (exact) mass is 205 g/mol. The van der Waals surface area contributed by atoms with Gasteiger partial charge in [0, 0.05) is 18.8 Å². The van der Waals surface area contributed by atoms with Crippen molar-refractivity contribution in [2.75, 3.05) is 11.9 Å². The summed E-state index contributed by atoms with van der Waals surface area (Å²) in [4.78, 5) is 12.8. The largest absolute Gasteiger partial charge is 0.481 e. The molecule has 3 heteroatoms. The van der Waals surface area contributed by atoms with Crippen molar-refractivity contribution in [1.82, 2.24) is 0 Å². The van der Waals surface area contributed by atoms with Crippen LogP contribution in [0.2, 0.25) is 0 Å². The molecule has 1 aliphatic heterocycles. The Morgan fingerprint density at radius 1 is 1.53 bits per heavy atom. The van der Waals surface area contributed by atoms with Crippen LogP contribution >= 0.6 is 0 Å². The number of fused-ring (bicyclic) bond motifs is 1. The highest BCUT2D eigenvalue weighted by Crippen LogP contribution is 2.30. The van der Waals surface area contributed by atoms with Gasteiger partial charge >= 0.3 is 5.97 Å². The molecule has 0 saturated carbocycles. The third-order valence-corrected chi connectivity index (χ3v) is 3.08. The maximum atomic E-state index is 10.7. The average molecular weight is 205 g/mol. The maximum absolute atomic E-state index is 10.7. The topological polar surface area (TPSA) is 40.5 Å². The molecule has 15 heavy (non-hydrogen) atoms. The molecule has 0 bridgehead atoms. The van der Waals surface area contributed by atoms with Gasteiger partial charge in [-0.1, -0.05) is 18.2 Å². The molecule has 0 radical (unpaired) electrons. The zero-order valence-corrected chi connectivity index (χ0v) is 8.81. The van der Waals surface area contributed by atoms with Crippen molar-refractivity contribution in [3.05, 3.63) is 29.8 Å². The first-order valence-electron chi connectivity index (χ1n) is 5.21. The number of hydrogen-bond donors (Lipinski definition) is 1. The number of aryl methyl sites for hydroxylation is 1. The van der Waals surface area contributed by atoms with Crippen LogP contribution in [0.15, 0.2) is 24.3 Å². The Bertz CT molecular complexity index is 376. The fourth-order valence-electron chi connectivity index (χ4n) is 2.22. The van der Waals surface area contributed by atoms with Crippen LogP contribution in [0.4, 0.5) is 5.69 Å². The zero-order valence-electron chi connectivity index (χ0n) is 8.81. The molecule has 3 nitrogen and oxygen atoms in total. The van der Waals surface area contributed by atoms with Gasteiger partial charge in [0.2, 0.25) is 0 Å². The molecule has 1 N–H and O–H groups in total. The Morgan fingerprint density at radius 3 is 3.00 bits per heavy atom. The number of nitrogens with zero attached hydrogens (tertiary/aromatic N) is 1. The van der Waals surface area contributed by atoms with Crippen molar-refractivity contribution in [1.29, 1.82) is 0 Å². The molecule has 1 aromatic carbocycles. The lowest BCUT2D eigenvalue weighted by molar-refractivity contribution is -0.137. The molecular weight excluding hydrogens is 190 g/mol. The summed E-state index contributed by atoms with van der Waals surface area (Å²) >= 11 is 0. The number of aliphatic carboxylic acids is 1. The summed E-state index contributed by atoms with van der Waals surface area (Å²) in [5.41, 5.74) is 2.50. The van der Waals surface area contributed by atoms with Gasteiger partial charge in [0.15, 0.2) is 0 Å². The Labute approximate surface area is 89.3 Å². The zero-order chi connectivity index (χ0) is 10.8. The van der Waals surface area contributed by atoms with E-state index in [1.54, 1.807) is 0 Å². The van der Waals surface area contributed by atoms with Gasteiger partial charge in [0.05, 0.1) is 6.42 Å². The van der Waals surface area contributed by atoms with Crippen LogP contribution in [0.5, 0.6) is 0 Å². The van der Waals surface area contributed by atoms with Gasteiger partial charge in [0.1, 0.15) is 0 Å². The number of para-hydroxylation sites is 1. The summed E-state index contributed by atoms with van der Waals surface area (Å²) in [6.07, 6.45) is 2.14. The van der Waals surface area contributed by atoms with Crippen molar-refractivity contribution in [2.45, 2.75) is 25.3 Å². The van der Waals surface area contributed by atoms with E-state index in [4.69, 9.17) is 5.11 Å². The normalized spacial score (nSPS) is 19.8. The van der Waals surface area contributed by atoms with Gasteiger partial charge in [-0.2, -0.15) is 0 Å². The minimum Gasteiger partial charge on any atom is -0.481 e. The highest BCUT2D eigenvalue weighted by atomic mass is 16.4. The summed E-state index contributed by atoms with van der Waals surface area (Å²) in [5.74, 6) is -0.716. The Hall–Kier alpha value is -1.51. The minimum absolute atomic E-state index is 0.136. The standard InChI is InChI=1S/C12H15NO2/c1-13-10(8-12(14)15)7-6-9-4-2-3-5-11(9)13/h2-5,10H,6-8H2,1H3,(H,14,15). The highest BCUT2D eigenvalue weighted by molar-refractivity contribution is 5.69. The number of hydrogen-bond acceptors (Lipinski definition) is 2. The summed E-state index contributed by atoms with van der Waals surface area (Å²) in [6.45, 7) is 0. The molecule has 1 aromatic rings. The smallest absolute Gasteiger partial charge is 0.305 e. The van der Waals surface area contributed by atoms with Crippen LogP contribution in [-0.4, -0.2) is 24.2 Å². The van der Waals surface area contributed by atoms with Gasteiger partial charge in [-0.25, -0.2) is 0 Å². The van der Waals surface area contributed by atoms with Crippen molar-refractivity contribution in [2.24, 2.45) is 0 Å². The number of carboxylic acid groups (broad SMARTS) is 1. The minimum atomic E-state index is -0.716. The molecule has 1 unspecified atom stereocenters. The first-order chi connectivity index (χ1) is 7.18. The first-order valence-corrected chi connectivity index (χ1v) is 5.21. The summed E-state index contributed by atoms with van der Waals surface area (Å²) < 4.78 is 0. The van der Waals surface area contributed by atoms with Crippen LogP contribution in [-0.2, 0) is 11.2 Å². The third-order valence-electron chi connectivity index (χ3n) is 3.08. The van der Waals surface area contributed by atoms with Gasteiger partial charge in [-0.15, -0.1) is 0 Å². The number of carboxylic acids is 1. The van der Waals surface area contributed by atoms with Crippen molar-refractivity contribution >= 4 is 11.7 Å². The fraction of sp³-hybridized carbons (Fsp3) is 0.417. The molecule has 0 saturated heterocycles. The van der Waals surface area contributed by atoms with Gasteiger partial charge < -0.3 is 10.0 Å². The molecule has 0 aromatic heterocycles. The molecule has 80 valence electrons. The Balaban J connectivity index is 2.22. The first kappa shape index (κ1) is 10.0. The molecular formula is C12H15NO2. The summed E-state index contributed by atoms with van der Waals surface area (Å²) in [7, 11) is 1.98. The molecule has 0 aliphatic carbocycles. The molecule has 2 rings (SSSR count). The number of benzene rings is 1. The number of anilines is 1. The van der Waals surface area contributed by atoms with Crippen LogP contribution in [0.1, 0.15) is 18.4 Å². The molecule has 1 atom stereocenters. The Morgan fingerprint density at radius 2 is 2.27 bits per heavy atom. The molecule has 0 spiro atoms. The van der Waals surface area contributed by atoms with E-state index in [1.165, 1.54) is 11.3 Å². The third kappa shape index (κ3) is 1.96. The fourth-order valence-corrected chi connectivity index (χ4v) is 2.22. The maximum Gasteiger partial charge on any atom is 0.305 e. The van der Waals surface area contributed by atoms with Crippen LogP contribution in [0.3, 0.4) is 0 Å². The van der Waals surface area contributed by atoms with E-state index in [0.717, 1.165) is 12.8 Å². The van der Waals surface area contributed by atoms with Crippen molar-refractivity contribution < 1.29 is 9.90 Å². The SMILES string of the molecule is CN1c2ccccc2CCC1CC(=O)O. The predicted molar refractivity (Wildman–Crippen MR) is 59.2 cm³/mol. The van der Waals surface area contributed by atoms with E-state index in [1.807, 2.05) is 19.2 Å². The number of carbonyl (C=O) groups is 1. The molecule has 1 heterocycles. The van der Waals surface area contributed by atoms with E-state index in [9.17, 15) is 4.79 Å². The summed E-state index contributed by atoms with van der Waals surface area (Å²) in [6, 6.07) is 8.34. The van der Waals surface area contributed by atoms with E-state index < -0.39 is 5.97 Å². The molecule has 0 fully saturated rings. The van der Waals surface area contributed by atoms with Crippen LogP contribution in [0.25, 0.3) is 0 Å². The highest BCUT2D eigenvalue weighted by Gasteiger charge is 2.24. The lowest BCUT2D eigenvalue weighted by Crippen LogP contribution is -2.37. The second kappa shape index (κ2) is 3.93. The van der Waals surface area contributed by atoms with Crippen LogP contribution < -0.4 is 4.90 Å². The van der Waals surface area contributed by atoms with E-state index in [0.29, 0.717) is 0 Å². The van der Waals surface area contributed by atoms with Gasteiger partial charge in [-0.05, 0) is 24.5 Å². The quantitative estimate of drug-likeness (QED) is 0.801. The van der Waals surface area contributed by atoms with E-state index >= 15 is 0 Å². The van der Waals surface area contributed by atoms with Crippen molar-refractivity contribution in [3.63, 3.8) is 0 Å². The lowest BCUT2D eigenvalue weighted by Gasteiger charge is -2.35. The van der Waals surface area contributed by atoms with Crippen molar-refractivity contribution in [3.8, 4) is 0 Å². The second-order valence-corrected chi connectivity index (χ2v) is 4.03. The second-order valence-electron chi connectivity index (χ2n) is 4.03. The Kier molecular flexibility index (Phi) is 2.62. The van der Waals surface area contributed by atoms with E-state index in [2.05, 4.69) is 17.0 Å². The molecule has 1 aliphatic rings. The molecule has 0 amide bonds. The van der Waals surface area contributed by atoms with Gasteiger partial charge in [-0.3, -0.25) is 4.79 Å².